The molecule has 0 bridgehead atoms. The van der Waals surface area contributed by atoms with Gasteiger partial charge in [0.25, 0.3) is 0 Å². The zero-order valence-electron chi connectivity index (χ0n) is 12.4. The lowest BCUT2D eigenvalue weighted by Crippen LogP contribution is -2.23. The molecule has 7 heteroatoms. The summed E-state index contributed by atoms with van der Waals surface area (Å²) in [5, 5.41) is 16.8. The second-order valence-corrected chi connectivity index (χ2v) is 4.90. The largest absolute Gasteiger partial charge is 0.504 e. The van der Waals surface area contributed by atoms with Gasteiger partial charge in [0.05, 0.1) is 12.8 Å². The predicted molar refractivity (Wildman–Crippen MR) is 92.6 cm³/mol. The molecular formula is C16H16FN3O2S. The predicted octanol–water partition coefficient (Wildman–Crippen LogP) is 3.25. The number of hydrogen-bond acceptors (Lipinski definition) is 4. The third-order valence-electron chi connectivity index (χ3n) is 2.77. The number of halogens is 1. The maximum Gasteiger partial charge on any atom is 0.191 e. The van der Waals surface area contributed by atoms with Crippen LogP contribution in [0.25, 0.3) is 0 Å². The van der Waals surface area contributed by atoms with E-state index in [9.17, 15) is 9.50 Å². The fourth-order valence-electron chi connectivity index (χ4n) is 1.74. The molecular weight excluding hydrogens is 317 g/mol. The first kappa shape index (κ1) is 16.7. The summed E-state index contributed by atoms with van der Waals surface area (Å²) in [4.78, 5) is 0. The quantitative estimate of drug-likeness (QED) is 0.445. The third kappa shape index (κ3) is 5.23. The van der Waals surface area contributed by atoms with Crippen molar-refractivity contribution < 1.29 is 14.2 Å². The van der Waals surface area contributed by atoms with Crippen LogP contribution in [0.5, 0.6) is 11.5 Å². The van der Waals surface area contributed by atoms with Crippen molar-refractivity contribution in [3.05, 3.63) is 53.8 Å². The third-order valence-corrected chi connectivity index (χ3v) is 2.96. The summed E-state index contributed by atoms with van der Waals surface area (Å²) in [6.45, 7) is 2.29. The van der Waals surface area contributed by atoms with Crippen LogP contribution < -0.4 is 15.5 Å². The van der Waals surface area contributed by atoms with E-state index in [1.807, 2.05) is 6.92 Å². The van der Waals surface area contributed by atoms with E-state index in [1.165, 1.54) is 18.2 Å². The first-order valence-electron chi connectivity index (χ1n) is 6.90. The number of thiocarbonyl (C=S) groups is 1. The second-order valence-electron chi connectivity index (χ2n) is 4.49. The molecule has 0 aliphatic rings. The number of benzene rings is 2. The molecule has 0 saturated heterocycles. The van der Waals surface area contributed by atoms with E-state index in [2.05, 4.69) is 15.8 Å². The summed E-state index contributed by atoms with van der Waals surface area (Å²) in [5.41, 5.74) is 4.05. The molecule has 120 valence electrons. The number of nitrogens with zero attached hydrogens (tertiary/aromatic N) is 1. The number of phenols is 1. The molecule has 0 aliphatic heterocycles. The van der Waals surface area contributed by atoms with Gasteiger partial charge in [-0.2, -0.15) is 5.10 Å². The van der Waals surface area contributed by atoms with Crippen LogP contribution in [0.3, 0.4) is 0 Å². The molecule has 0 aromatic heterocycles. The number of aromatic hydroxyl groups is 1. The number of rotatable bonds is 5. The Morgan fingerprint density at radius 2 is 2.04 bits per heavy atom. The zero-order valence-corrected chi connectivity index (χ0v) is 13.2. The summed E-state index contributed by atoms with van der Waals surface area (Å²) in [6.07, 6.45) is 1.54. The van der Waals surface area contributed by atoms with E-state index >= 15 is 0 Å². The molecule has 2 aromatic rings. The Balaban J connectivity index is 1.91. The highest BCUT2D eigenvalue weighted by Crippen LogP contribution is 2.26. The maximum atomic E-state index is 12.8. The highest BCUT2D eigenvalue weighted by Gasteiger charge is 2.02. The molecule has 0 amide bonds. The van der Waals surface area contributed by atoms with Gasteiger partial charge in [-0.25, -0.2) is 4.39 Å². The molecule has 0 spiro atoms. The summed E-state index contributed by atoms with van der Waals surface area (Å²) >= 11 is 5.08. The lowest BCUT2D eigenvalue weighted by Gasteiger charge is -2.07. The molecule has 0 atom stereocenters. The van der Waals surface area contributed by atoms with Gasteiger partial charge in [-0.15, -0.1) is 0 Å². The fourth-order valence-corrected chi connectivity index (χ4v) is 1.91. The number of ether oxygens (including phenoxy) is 1. The van der Waals surface area contributed by atoms with Gasteiger partial charge in [0.2, 0.25) is 0 Å². The molecule has 2 rings (SSSR count). The van der Waals surface area contributed by atoms with Gasteiger partial charge >= 0.3 is 0 Å². The average molecular weight is 333 g/mol. The molecule has 0 unspecified atom stereocenters. The van der Waals surface area contributed by atoms with E-state index in [1.54, 1.807) is 30.5 Å². The van der Waals surface area contributed by atoms with Gasteiger partial charge in [0.15, 0.2) is 16.6 Å². The van der Waals surface area contributed by atoms with E-state index < -0.39 is 0 Å². The van der Waals surface area contributed by atoms with Crippen LogP contribution >= 0.6 is 12.2 Å². The molecule has 0 aliphatic carbocycles. The number of hydrogen-bond donors (Lipinski definition) is 3. The van der Waals surface area contributed by atoms with Crippen molar-refractivity contribution in [2.24, 2.45) is 5.10 Å². The SMILES string of the molecule is CCOc1cc(/C=N/NC(=S)Nc2ccc(F)cc2)ccc1O. The normalized spacial score (nSPS) is 10.5. The topological polar surface area (TPSA) is 65.9 Å². The molecule has 5 nitrogen and oxygen atoms in total. The summed E-state index contributed by atoms with van der Waals surface area (Å²) < 4.78 is 18.1. The Labute approximate surface area is 138 Å². The molecule has 23 heavy (non-hydrogen) atoms. The molecule has 0 saturated carbocycles. The van der Waals surface area contributed by atoms with Gasteiger partial charge in [-0.1, -0.05) is 0 Å². The van der Waals surface area contributed by atoms with Gasteiger partial charge in [0, 0.05) is 5.69 Å². The Hall–Kier alpha value is -2.67. The minimum atomic E-state index is -0.315. The Morgan fingerprint density at radius 1 is 1.30 bits per heavy atom. The van der Waals surface area contributed by atoms with E-state index in [-0.39, 0.29) is 16.7 Å². The Bertz CT molecular complexity index is 705. The number of nitrogens with one attached hydrogen (secondary N) is 2. The van der Waals surface area contributed by atoms with Crippen molar-refractivity contribution in [1.82, 2.24) is 5.43 Å². The van der Waals surface area contributed by atoms with Gasteiger partial charge < -0.3 is 15.2 Å². The van der Waals surface area contributed by atoms with Crippen LogP contribution in [0.2, 0.25) is 0 Å². The van der Waals surface area contributed by atoms with Crippen LogP contribution in [-0.2, 0) is 0 Å². The first-order valence-corrected chi connectivity index (χ1v) is 7.30. The number of phenolic OH excluding ortho intramolecular Hbond substituents is 1. The lowest BCUT2D eigenvalue weighted by atomic mass is 10.2. The van der Waals surface area contributed by atoms with E-state index in [0.717, 1.165) is 5.56 Å². The molecule has 3 N–H and O–H groups in total. The van der Waals surface area contributed by atoms with Crippen LogP contribution in [-0.4, -0.2) is 23.0 Å². The van der Waals surface area contributed by atoms with Crippen LogP contribution in [0.15, 0.2) is 47.6 Å². The standard InChI is InChI=1S/C16H16FN3O2S/c1-2-22-15-9-11(3-8-14(15)21)10-18-20-16(23)19-13-6-4-12(17)5-7-13/h3-10,21H,2H2,1H3,(H2,19,20,23)/b18-10+. The van der Waals surface area contributed by atoms with Crippen molar-refractivity contribution in [3.63, 3.8) is 0 Å². The minimum Gasteiger partial charge on any atom is -0.504 e. The maximum absolute atomic E-state index is 12.8. The number of hydrazone groups is 1. The first-order chi connectivity index (χ1) is 11.1. The highest BCUT2D eigenvalue weighted by atomic mass is 32.1. The Morgan fingerprint density at radius 3 is 2.74 bits per heavy atom. The fraction of sp³-hybridized carbons (Fsp3) is 0.125. The molecule has 0 heterocycles. The molecule has 0 radical (unpaired) electrons. The van der Waals surface area contributed by atoms with Crippen LogP contribution in [0.1, 0.15) is 12.5 Å². The van der Waals surface area contributed by atoms with Crippen molar-refractivity contribution >= 4 is 29.2 Å². The Kier molecular flexibility index (Phi) is 5.87. The summed E-state index contributed by atoms with van der Waals surface area (Å²) in [6, 6.07) is 10.7. The van der Waals surface area contributed by atoms with E-state index in [0.29, 0.717) is 18.0 Å². The van der Waals surface area contributed by atoms with Crippen molar-refractivity contribution in [3.8, 4) is 11.5 Å². The van der Waals surface area contributed by atoms with Crippen molar-refractivity contribution in [1.29, 1.82) is 0 Å². The van der Waals surface area contributed by atoms with Crippen molar-refractivity contribution in [2.45, 2.75) is 6.92 Å². The zero-order chi connectivity index (χ0) is 16.7. The molecule has 0 fully saturated rings. The smallest absolute Gasteiger partial charge is 0.191 e. The lowest BCUT2D eigenvalue weighted by molar-refractivity contribution is 0.318. The van der Waals surface area contributed by atoms with E-state index in [4.69, 9.17) is 17.0 Å². The van der Waals surface area contributed by atoms with Gasteiger partial charge in [-0.05, 0) is 67.2 Å². The minimum absolute atomic E-state index is 0.0745. The monoisotopic (exact) mass is 333 g/mol. The van der Waals surface area contributed by atoms with Crippen LogP contribution in [0.4, 0.5) is 10.1 Å². The summed E-state index contributed by atoms with van der Waals surface area (Å²) in [5.74, 6) is 0.152. The second kappa shape index (κ2) is 8.09. The van der Waals surface area contributed by atoms with Gasteiger partial charge in [-0.3, -0.25) is 5.43 Å². The van der Waals surface area contributed by atoms with Crippen LogP contribution in [0, 0.1) is 5.82 Å². The number of anilines is 1. The van der Waals surface area contributed by atoms with Crippen molar-refractivity contribution in [2.75, 3.05) is 11.9 Å². The highest BCUT2D eigenvalue weighted by molar-refractivity contribution is 7.80. The molecule has 2 aromatic carbocycles. The van der Waals surface area contributed by atoms with Gasteiger partial charge in [0.1, 0.15) is 5.82 Å². The summed E-state index contributed by atoms with van der Waals surface area (Å²) in [7, 11) is 0. The average Bonchev–Trinajstić information content (AvgIpc) is 2.53.